The first-order chi connectivity index (χ1) is 14.9. The lowest BCUT2D eigenvalue weighted by molar-refractivity contribution is -0.145. The summed E-state index contributed by atoms with van der Waals surface area (Å²) in [6.07, 6.45) is 2.93. The van der Waals surface area contributed by atoms with E-state index in [1.165, 1.54) is 19.6 Å². The van der Waals surface area contributed by atoms with E-state index >= 15 is 0 Å². The number of nitrogens with one attached hydrogen (secondary N) is 1. The van der Waals surface area contributed by atoms with Gasteiger partial charge in [-0.3, -0.25) is 9.59 Å². The van der Waals surface area contributed by atoms with E-state index in [9.17, 15) is 9.59 Å². The lowest BCUT2D eigenvalue weighted by Crippen LogP contribution is -2.49. The fraction of sp³-hybridized carbons (Fsp3) is 0.409. The summed E-state index contributed by atoms with van der Waals surface area (Å²) in [6.45, 7) is 6.58. The predicted octanol–water partition coefficient (Wildman–Crippen LogP) is 2.38. The highest BCUT2D eigenvalue weighted by molar-refractivity contribution is 5.95. The average molecular weight is 429 g/mol. The summed E-state index contributed by atoms with van der Waals surface area (Å²) in [4.78, 5) is 26.3. The molecule has 1 aromatic heterocycles. The second-order valence-corrected chi connectivity index (χ2v) is 7.34. The molecule has 166 valence electrons. The van der Waals surface area contributed by atoms with Gasteiger partial charge in [0.15, 0.2) is 18.1 Å². The number of hydrogen-bond donors (Lipinski definition) is 1. The van der Waals surface area contributed by atoms with Gasteiger partial charge in [0.1, 0.15) is 5.76 Å². The third-order valence-corrected chi connectivity index (χ3v) is 4.79. The molecule has 1 N–H and O–H groups in total. The molecular formula is C22H27N3O6. The van der Waals surface area contributed by atoms with Gasteiger partial charge in [-0.15, -0.1) is 0 Å². The van der Waals surface area contributed by atoms with Crippen LogP contribution in [0.25, 0.3) is 0 Å². The van der Waals surface area contributed by atoms with Crippen molar-refractivity contribution < 1.29 is 28.2 Å². The molecule has 0 saturated carbocycles. The summed E-state index contributed by atoms with van der Waals surface area (Å²) in [5.74, 6) is 0.955. The summed E-state index contributed by atoms with van der Waals surface area (Å²) >= 11 is 0. The van der Waals surface area contributed by atoms with Crippen LogP contribution in [0.5, 0.6) is 11.5 Å². The van der Waals surface area contributed by atoms with Crippen LogP contribution in [0.4, 0.5) is 0 Å². The average Bonchev–Trinajstić information content (AvgIpc) is 3.17. The van der Waals surface area contributed by atoms with E-state index in [1.807, 2.05) is 13.8 Å². The van der Waals surface area contributed by atoms with Gasteiger partial charge in [-0.25, -0.2) is 5.43 Å². The summed E-state index contributed by atoms with van der Waals surface area (Å²) < 4.78 is 21.8. The van der Waals surface area contributed by atoms with Crippen LogP contribution in [-0.4, -0.2) is 61.9 Å². The molecule has 2 aromatic rings. The molecule has 31 heavy (non-hydrogen) atoms. The Kier molecular flexibility index (Phi) is 7.30. The Hall–Kier alpha value is -3.33. The van der Waals surface area contributed by atoms with Crippen LogP contribution in [0.1, 0.15) is 35.5 Å². The minimum atomic E-state index is -0.361. The van der Waals surface area contributed by atoms with Gasteiger partial charge >= 0.3 is 0 Å². The molecule has 0 bridgehead atoms. The molecule has 1 aliphatic heterocycles. The molecule has 0 aliphatic carbocycles. The minimum absolute atomic E-state index is 0.00118. The number of methoxy groups -OCH3 is 1. The standard InChI is InChI=1S/C22H27N3O6/c1-14-11-25(12-15(2)31-14)21(26)13-30-19-6-5-17(9-20(19)28-4)10-23-24-22(27)18-7-8-29-16(18)3/h5-10,14-15H,11-13H2,1-4H3,(H,24,27)/b23-10-/t14-,15+. The first-order valence-electron chi connectivity index (χ1n) is 9.99. The van der Waals surface area contributed by atoms with Gasteiger partial charge in [-0.05, 0) is 50.6 Å². The van der Waals surface area contributed by atoms with Crippen molar-refractivity contribution in [3.05, 3.63) is 47.4 Å². The Morgan fingerprint density at radius 2 is 1.97 bits per heavy atom. The van der Waals surface area contributed by atoms with Crippen LogP contribution in [-0.2, 0) is 9.53 Å². The Labute approximate surface area is 180 Å². The molecule has 0 radical (unpaired) electrons. The van der Waals surface area contributed by atoms with Gasteiger partial charge in [0.25, 0.3) is 11.8 Å². The molecule has 2 amide bonds. The number of rotatable bonds is 7. The normalized spacial score (nSPS) is 18.8. The number of nitrogens with zero attached hydrogens (tertiary/aromatic N) is 2. The number of hydrazone groups is 1. The zero-order valence-electron chi connectivity index (χ0n) is 18.1. The third kappa shape index (κ3) is 5.85. The van der Waals surface area contributed by atoms with Crippen LogP contribution in [0, 0.1) is 6.92 Å². The van der Waals surface area contributed by atoms with E-state index in [4.69, 9.17) is 18.6 Å². The van der Waals surface area contributed by atoms with Gasteiger partial charge in [0.2, 0.25) is 0 Å². The number of carbonyl (C=O) groups excluding carboxylic acids is 2. The number of furan rings is 1. The molecular weight excluding hydrogens is 402 g/mol. The minimum Gasteiger partial charge on any atom is -0.493 e. The number of carbonyl (C=O) groups is 2. The van der Waals surface area contributed by atoms with Crippen molar-refractivity contribution >= 4 is 18.0 Å². The number of aryl methyl sites for hydroxylation is 1. The summed E-state index contributed by atoms with van der Waals surface area (Å²) in [5.41, 5.74) is 3.56. The lowest BCUT2D eigenvalue weighted by atomic mass is 10.2. The predicted molar refractivity (Wildman–Crippen MR) is 114 cm³/mol. The maximum atomic E-state index is 12.5. The number of hydrogen-bond acceptors (Lipinski definition) is 7. The maximum Gasteiger partial charge on any atom is 0.274 e. The maximum absolute atomic E-state index is 12.5. The van der Waals surface area contributed by atoms with Gasteiger partial charge in [0, 0.05) is 13.1 Å². The largest absolute Gasteiger partial charge is 0.493 e. The van der Waals surface area contributed by atoms with Crippen molar-refractivity contribution in [3.63, 3.8) is 0 Å². The van der Waals surface area contributed by atoms with Gasteiger partial charge in [-0.1, -0.05) is 0 Å². The zero-order valence-corrected chi connectivity index (χ0v) is 18.1. The topological polar surface area (TPSA) is 103 Å². The molecule has 1 fully saturated rings. The summed E-state index contributed by atoms with van der Waals surface area (Å²) in [7, 11) is 1.51. The molecule has 3 rings (SSSR count). The zero-order chi connectivity index (χ0) is 22.4. The Bertz CT molecular complexity index is 944. The number of ether oxygens (including phenoxy) is 3. The van der Waals surface area contributed by atoms with E-state index in [1.54, 1.807) is 36.1 Å². The fourth-order valence-electron chi connectivity index (χ4n) is 3.34. The second kappa shape index (κ2) is 10.1. The fourth-order valence-corrected chi connectivity index (χ4v) is 3.34. The molecule has 9 heteroatoms. The number of amides is 2. The molecule has 9 nitrogen and oxygen atoms in total. The summed E-state index contributed by atoms with van der Waals surface area (Å²) in [5, 5.41) is 3.96. The molecule has 1 aliphatic rings. The van der Waals surface area contributed by atoms with Crippen molar-refractivity contribution in [1.82, 2.24) is 10.3 Å². The molecule has 0 unspecified atom stereocenters. The monoisotopic (exact) mass is 429 g/mol. The van der Waals surface area contributed by atoms with E-state index in [-0.39, 0.29) is 30.6 Å². The van der Waals surface area contributed by atoms with Crippen LogP contribution in [0.2, 0.25) is 0 Å². The quantitative estimate of drug-likeness (QED) is 0.536. The van der Waals surface area contributed by atoms with E-state index in [2.05, 4.69) is 10.5 Å². The Balaban J connectivity index is 1.57. The molecule has 0 spiro atoms. The van der Waals surface area contributed by atoms with Crippen molar-refractivity contribution in [1.29, 1.82) is 0 Å². The molecule has 1 saturated heterocycles. The van der Waals surface area contributed by atoms with E-state index in [0.717, 1.165) is 0 Å². The highest BCUT2D eigenvalue weighted by atomic mass is 16.5. The SMILES string of the molecule is COc1cc(/C=N\NC(=O)c2ccoc2C)ccc1OCC(=O)N1C[C@@H](C)O[C@@H](C)C1. The van der Waals surface area contributed by atoms with Crippen molar-refractivity contribution in [3.8, 4) is 11.5 Å². The summed E-state index contributed by atoms with van der Waals surface area (Å²) in [6, 6.07) is 6.73. The van der Waals surface area contributed by atoms with Gasteiger partial charge in [-0.2, -0.15) is 5.10 Å². The van der Waals surface area contributed by atoms with Crippen LogP contribution >= 0.6 is 0 Å². The molecule has 2 atom stereocenters. The van der Waals surface area contributed by atoms with Crippen molar-refractivity contribution in [2.45, 2.75) is 33.0 Å². The lowest BCUT2D eigenvalue weighted by Gasteiger charge is -2.35. The number of benzene rings is 1. The van der Waals surface area contributed by atoms with Gasteiger partial charge in [0.05, 0.1) is 37.4 Å². The van der Waals surface area contributed by atoms with Crippen molar-refractivity contribution in [2.75, 3.05) is 26.8 Å². The highest BCUT2D eigenvalue weighted by Gasteiger charge is 2.26. The van der Waals surface area contributed by atoms with Crippen LogP contribution in [0.3, 0.4) is 0 Å². The Morgan fingerprint density at radius 3 is 2.61 bits per heavy atom. The van der Waals surface area contributed by atoms with Gasteiger partial charge < -0.3 is 23.5 Å². The van der Waals surface area contributed by atoms with Crippen LogP contribution in [0.15, 0.2) is 40.0 Å². The Morgan fingerprint density at radius 1 is 1.23 bits per heavy atom. The first-order valence-corrected chi connectivity index (χ1v) is 9.99. The van der Waals surface area contributed by atoms with E-state index < -0.39 is 0 Å². The van der Waals surface area contributed by atoms with Crippen molar-refractivity contribution in [2.24, 2.45) is 5.10 Å². The highest BCUT2D eigenvalue weighted by Crippen LogP contribution is 2.27. The third-order valence-electron chi connectivity index (χ3n) is 4.79. The molecule has 2 heterocycles. The van der Waals surface area contributed by atoms with Crippen LogP contribution < -0.4 is 14.9 Å². The smallest absolute Gasteiger partial charge is 0.274 e. The number of morpholine rings is 1. The second-order valence-electron chi connectivity index (χ2n) is 7.34. The van der Waals surface area contributed by atoms with E-state index in [0.29, 0.717) is 41.5 Å². The first kappa shape index (κ1) is 22.4. The molecule has 1 aromatic carbocycles.